The number of rotatable bonds is 8. The van der Waals surface area contributed by atoms with Crippen LogP contribution in [0.15, 0.2) is 24.3 Å². The monoisotopic (exact) mass is 421 g/mol. The zero-order chi connectivity index (χ0) is 21.8. The molecule has 0 unspecified atom stereocenters. The third-order valence-corrected chi connectivity index (χ3v) is 4.98. The summed E-state index contributed by atoms with van der Waals surface area (Å²) in [5, 5.41) is 0. The lowest BCUT2D eigenvalue weighted by atomic mass is 10.1. The van der Waals surface area contributed by atoms with Gasteiger partial charge in [-0.1, -0.05) is 12.1 Å². The fourth-order valence-electron chi connectivity index (χ4n) is 2.95. The fourth-order valence-corrected chi connectivity index (χ4v) is 3.74. The Kier molecular flexibility index (Phi) is 6.97. The third kappa shape index (κ3) is 5.77. The quantitative estimate of drug-likeness (QED) is 0.513. The number of aromatic amines is 1. The first kappa shape index (κ1) is 22.4. The Hall–Kier alpha value is -2.94. The lowest BCUT2D eigenvalue weighted by Gasteiger charge is -2.07. The molecule has 0 aliphatic rings. The van der Waals surface area contributed by atoms with E-state index >= 15 is 0 Å². The number of carbonyl (C=O) groups is 3. The molecule has 0 amide bonds. The highest BCUT2D eigenvalue weighted by Crippen LogP contribution is 2.20. The summed E-state index contributed by atoms with van der Waals surface area (Å²) in [5.41, 5.74) is 1.96. The lowest BCUT2D eigenvalue weighted by molar-refractivity contribution is 0.0473. The molecule has 0 aliphatic heterocycles. The molecule has 1 aromatic carbocycles. The summed E-state index contributed by atoms with van der Waals surface area (Å²) in [6, 6.07) is 6.03. The maximum atomic E-state index is 12.5. The molecule has 0 bridgehead atoms. The number of benzene rings is 1. The number of nitrogens with one attached hydrogen (secondary N) is 1. The van der Waals surface area contributed by atoms with E-state index in [4.69, 9.17) is 9.47 Å². The van der Waals surface area contributed by atoms with E-state index < -0.39 is 34.2 Å². The van der Waals surface area contributed by atoms with Gasteiger partial charge in [0.25, 0.3) is 0 Å². The number of carbonyl (C=O) groups excluding carboxylic acids is 3. The Morgan fingerprint density at radius 1 is 1.07 bits per heavy atom. The van der Waals surface area contributed by atoms with Crippen molar-refractivity contribution in [1.82, 2.24) is 4.98 Å². The first-order valence-corrected chi connectivity index (χ1v) is 10.9. The highest BCUT2D eigenvalue weighted by atomic mass is 32.2. The van der Waals surface area contributed by atoms with Crippen LogP contribution in [0.2, 0.25) is 0 Å². The molecule has 29 heavy (non-hydrogen) atoms. The van der Waals surface area contributed by atoms with Crippen molar-refractivity contribution in [2.24, 2.45) is 0 Å². The van der Waals surface area contributed by atoms with Gasteiger partial charge in [-0.2, -0.15) is 0 Å². The number of aryl methyl sites for hydroxylation is 1. The molecule has 9 heteroatoms. The van der Waals surface area contributed by atoms with Gasteiger partial charge >= 0.3 is 11.9 Å². The SMILES string of the molecule is CCOC(=O)c1[nH]c(C)c(C(=O)COC(=O)c2cccc(CS(C)(=O)=O)c2)c1C. The van der Waals surface area contributed by atoms with Crippen LogP contribution in [0.5, 0.6) is 0 Å². The largest absolute Gasteiger partial charge is 0.461 e. The van der Waals surface area contributed by atoms with Gasteiger partial charge in [-0.3, -0.25) is 4.79 Å². The molecule has 1 heterocycles. The summed E-state index contributed by atoms with van der Waals surface area (Å²) >= 11 is 0. The molecule has 2 rings (SSSR count). The Morgan fingerprint density at radius 3 is 2.38 bits per heavy atom. The number of hydrogen-bond donors (Lipinski definition) is 1. The maximum Gasteiger partial charge on any atom is 0.355 e. The second kappa shape index (κ2) is 9.04. The fraction of sp³-hybridized carbons (Fsp3) is 0.350. The topological polar surface area (TPSA) is 120 Å². The zero-order valence-corrected chi connectivity index (χ0v) is 17.5. The molecule has 1 aromatic heterocycles. The smallest absolute Gasteiger partial charge is 0.355 e. The number of hydrogen-bond acceptors (Lipinski definition) is 7. The summed E-state index contributed by atoms with van der Waals surface area (Å²) < 4.78 is 32.9. The average molecular weight is 421 g/mol. The van der Waals surface area contributed by atoms with E-state index in [1.54, 1.807) is 32.9 Å². The van der Waals surface area contributed by atoms with Gasteiger partial charge in [0.15, 0.2) is 16.4 Å². The van der Waals surface area contributed by atoms with Crippen LogP contribution < -0.4 is 0 Å². The summed E-state index contributed by atoms with van der Waals surface area (Å²) in [4.78, 5) is 39.6. The van der Waals surface area contributed by atoms with Gasteiger partial charge in [-0.05, 0) is 44.0 Å². The second-order valence-corrected chi connectivity index (χ2v) is 8.76. The Morgan fingerprint density at radius 2 is 1.76 bits per heavy atom. The van der Waals surface area contributed by atoms with Gasteiger partial charge in [0.2, 0.25) is 5.78 Å². The van der Waals surface area contributed by atoms with Crippen molar-refractivity contribution < 1.29 is 32.3 Å². The Labute approximate surface area is 169 Å². The van der Waals surface area contributed by atoms with E-state index in [0.29, 0.717) is 16.8 Å². The molecule has 0 aliphatic carbocycles. The standard InChI is InChI=1S/C20H23NO7S/c1-5-27-20(24)18-12(2)17(13(3)21-18)16(22)10-28-19(23)15-8-6-7-14(9-15)11-29(4,25)26/h6-9,21H,5,10-11H2,1-4H3. The van der Waals surface area contributed by atoms with Crippen molar-refractivity contribution >= 4 is 27.6 Å². The lowest BCUT2D eigenvalue weighted by Crippen LogP contribution is -2.16. The van der Waals surface area contributed by atoms with E-state index in [9.17, 15) is 22.8 Å². The van der Waals surface area contributed by atoms with Crippen molar-refractivity contribution in [2.75, 3.05) is 19.5 Å². The number of esters is 2. The van der Waals surface area contributed by atoms with E-state index in [1.165, 1.54) is 12.1 Å². The van der Waals surface area contributed by atoms with E-state index in [1.807, 2.05) is 0 Å². The van der Waals surface area contributed by atoms with Crippen LogP contribution in [0.1, 0.15) is 54.9 Å². The van der Waals surface area contributed by atoms with Gasteiger partial charge in [0.05, 0.1) is 17.9 Å². The van der Waals surface area contributed by atoms with Crippen LogP contribution in [-0.4, -0.2) is 50.6 Å². The number of ketones is 1. The van der Waals surface area contributed by atoms with Crippen molar-refractivity contribution in [1.29, 1.82) is 0 Å². The molecular weight excluding hydrogens is 398 g/mol. The number of H-pyrrole nitrogens is 1. The molecule has 0 saturated heterocycles. The van der Waals surface area contributed by atoms with Crippen LogP contribution in [0.25, 0.3) is 0 Å². The summed E-state index contributed by atoms with van der Waals surface area (Å²) in [6.07, 6.45) is 1.10. The molecule has 0 fully saturated rings. The number of aromatic nitrogens is 1. The minimum atomic E-state index is -3.25. The van der Waals surface area contributed by atoms with Crippen LogP contribution in [0, 0.1) is 13.8 Å². The minimum absolute atomic E-state index is 0.147. The normalized spacial score (nSPS) is 11.2. The molecule has 0 atom stereocenters. The van der Waals surface area contributed by atoms with Gasteiger partial charge in [0.1, 0.15) is 5.69 Å². The van der Waals surface area contributed by atoms with Gasteiger partial charge in [-0.25, -0.2) is 18.0 Å². The predicted molar refractivity (Wildman–Crippen MR) is 106 cm³/mol. The average Bonchev–Trinajstić information content (AvgIpc) is 2.93. The summed E-state index contributed by atoms with van der Waals surface area (Å²) in [7, 11) is -3.25. The van der Waals surface area contributed by atoms with Crippen molar-refractivity contribution in [2.45, 2.75) is 26.5 Å². The van der Waals surface area contributed by atoms with Crippen molar-refractivity contribution in [3.63, 3.8) is 0 Å². The first-order chi connectivity index (χ1) is 13.5. The number of ether oxygens (including phenoxy) is 2. The van der Waals surface area contributed by atoms with E-state index in [2.05, 4.69) is 4.98 Å². The molecular formula is C20H23NO7S. The highest BCUT2D eigenvalue weighted by Gasteiger charge is 2.23. The van der Waals surface area contributed by atoms with Crippen LogP contribution in [0.3, 0.4) is 0 Å². The third-order valence-electron chi connectivity index (χ3n) is 4.12. The first-order valence-electron chi connectivity index (χ1n) is 8.86. The van der Waals surface area contributed by atoms with Gasteiger partial charge in [0, 0.05) is 17.5 Å². The highest BCUT2D eigenvalue weighted by molar-refractivity contribution is 7.89. The number of sulfone groups is 1. The molecule has 2 aromatic rings. The Bertz CT molecular complexity index is 1050. The molecule has 156 valence electrons. The van der Waals surface area contributed by atoms with Crippen LogP contribution >= 0.6 is 0 Å². The molecule has 8 nitrogen and oxygen atoms in total. The maximum absolute atomic E-state index is 12.5. The predicted octanol–water partition coefficient (Wildman–Crippen LogP) is 2.39. The molecule has 1 N–H and O–H groups in total. The van der Waals surface area contributed by atoms with E-state index in [0.717, 1.165) is 6.26 Å². The summed E-state index contributed by atoms with van der Waals surface area (Å²) in [6.45, 7) is 4.62. The van der Waals surface area contributed by atoms with Crippen molar-refractivity contribution in [3.8, 4) is 0 Å². The number of Topliss-reactive ketones (excluding diaryl/α,β-unsaturated/α-hetero) is 1. The van der Waals surface area contributed by atoms with Gasteiger partial charge < -0.3 is 14.5 Å². The molecule has 0 spiro atoms. The van der Waals surface area contributed by atoms with Crippen molar-refractivity contribution in [3.05, 3.63) is 57.9 Å². The van der Waals surface area contributed by atoms with E-state index in [-0.39, 0.29) is 29.2 Å². The molecule has 0 radical (unpaired) electrons. The molecule has 0 saturated carbocycles. The zero-order valence-electron chi connectivity index (χ0n) is 16.7. The van der Waals surface area contributed by atoms with Crippen LogP contribution in [0.4, 0.5) is 0 Å². The Balaban J connectivity index is 2.11. The van der Waals surface area contributed by atoms with Gasteiger partial charge in [-0.15, -0.1) is 0 Å². The minimum Gasteiger partial charge on any atom is -0.461 e. The second-order valence-electron chi connectivity index (χ2n) is 6.62. The summed E-state index contributed by atoms with van der Waals surface area (Å²) in [5.74, 6) is -1.98. The van der Waals surface area contributed by atoms with Crippen LogP contribution in [-0.2, 0) is 25.1 Å².